The number of rotatable bonds is 8. The Balaban J connectivity index is 1.43. The number of imidazole rings is 1. The van der Waals surface area contributed by atoms with Gasteiger partial charge in [0.25, 0.3) is 0 Å². The Hall–Kier alpha value is -2.37. The number of sulfonamides is 1. The van der Waals surface area contributed by atoms with Crippen molar-refractivity contribution in [2.45, 2.75) is 55.2 Å². The van der Waals surface area contributed by atoms with Crippen LogP contribution in [-0.4, -0.2) is 46.3 Å². The molecule has 3 heterocycles. The van der Waals surface area contributed by atoms with Crippen LogP contribution in [0.3, 0.4) is 0 Å². The SMILES string of the molecule is Cc1cc2c(cc1Sc1nc3c(N)ncnc3n1CCCS(=O)(=O)NC1CC1)OCC2. The summed E-state index contributed by atoms with van der Waals surface area (Å²) >= 11 is 1.50. The smallest absolute Gasteiger partial charge is 0.211 e. The van der Waals surface area contributed by atoms with Crippen molar-refractivity contribution in [3.05, 3.63) is 29.6 Å². The normalized spacial score (nSPS) is 15.9. The third-order valence-corrected chi connectivity index (χ3v) is 8.10. The fourth-order valence-electron chi connectivity index (χ4n) is 3.68. The van der Waals surface area contributed by atoms with Crippen molar-refractivity contribution in [3.8, 4) is 5.75 Å². The summed E-state index contributed by atoms with van der Waals surface area (Å²) in [6.45, 7) is 3.23. The van der Waals surface area contributed by atoms with Crippen LogP contribution in [0.1, 0.15) is 30.4 Å². The molecule has 1 aromatic carbocycles. The third-order valence-electron chi connectivity index (χ3n) is 5.43. The number of hydrogen-bond donors (Lipinski definition) is 2. The maximum Gasteiger partial charge on any atom is 0.211 e. The highest BCUT2D eigenvalue weighted by atomic mass is 32.2. The number of nitrogens with zero attached hydrogens (tertiary/aromatic N) is 4. The lowest BCUT2D eigenvalue weighted by atomic mass is 10.1. The molecule has 0 bridgehead atoms. The van der Waals surface area contributed by atoms with Gasteiger partial charge >= 0.3 is 0 Å². The van der Waals surface area contributed by atoms with Crippen molar-refractivity contribution >= 4 is 38.8 Å². The second-order valence-electron chi connectivity index (χ2n) is 7.97. The van der Waals surface area contributed by atoms with Gasteiger partial charge in [0.05, 0.1) is 12.4 Å². The molecule has 2 aliphatic rings. The summed E-state index contributed by atoms with van der Waals surface area (Å²) in [5.74, 6) is 1.27. The monoisotopic (exact) mass is 460 g/mol. The fraction of sp³-hybridized carbons (Fsp3) is 0.450. The van der Waals surface area contributed by atoms with E-state index in [1.165, 1.54) is 23.7 Å². The van der Waals surface area contributed by atoms with Gasteiger partial charge in [-0.25, -0.2) is 28.1 Å². The number of nitrogens with one attached hydrogen (secondary N) is 1. The largest absolute Gasteiger partial charge is 0.493 e. The molecule has 0 unspecified atom stereocenters. The zero-order chi connectivity index (χ0) is 21.6. The average Bonchev–Trinajstić information content (AvgIpc) is 3.27. The second-order valence-corrected chi connectivity index (χ2v) is 10.9. The van der Waals surface area contributed by atoms with E-state index in [4.69, 9.17) is 10.5 Å². The van der Waals surface area contributed by atoms with Gasteiger partial charge in [0.1, 0.15) is 12.1 Å². The van der Waals surface area contributed by atoms with Crippen molar-refractivity contribution in [1.29, 1.82) is 0 Å². The van der Waals surface area contributed by atoms with Gasteiger partial charge in [-0.15, -0.1) is 0 Å². The van der Waals surface area contributed by atoms with Gasteiger partial charge < -0.3 is 15.0 Å². The molecule has 0 amide bonds. The Morgan fingerprint density at radius 3 is 2.97 bits per heavy atom. The zero-order valence-electron chi connectivity index (χ0n) is 17.2. The minimum atomic E-state index is -3.28. The van der Waals surface area contributed by atoms with Crippen LogP contribution >= 0.6 is 11.8 Å². The van der Waals surface area contributed by atoms with Crippen LogP contribution in [0.15, 0.2) is 28.5 Å². The van der Waals surface area contributed by atoms with Gasteiger partial charge in [-0.05, 0) is 43.4 Å². The van der Waals surface area contributed by atoms with Gasteiger partial charge in [-0.2, -0.15) is 0 Å². The minimum absolute atomic E-state index is 0.0551. The molecule has 164 valence electrons. The number of fused-ring (bicyclic) bond motifs is 2. The first-order chi connectivity index (χ1) is 14.9. The van der Waals surface area contributed by atoms with Crippen molar-refractivity contribution in [1.82, 2.24) is 24.2 Å². The van der Waals surface area contributed by atoms with E-state index >= 15 is 0 Å². The minimum Gasteiger partial charge on any atom is -0.493 e. The molecule has 2 aromatic heterocycles. The number of nitrogens with two attached hydrogens (primary N) is 1. The molecule has 3 aromatic rings. The van der Waals surface area contributed by atoms with Gasteiger partial charge in [0.2, 0.25) is 10.0 Å². The molecule has 1 saturated carbocycles. The van der Waals surface area contributed by atoms with Gasteiger partial charge in [0.15, 0.2) is 22.1 Å². The maximum atomic E-state index is 12.3. The standard InChI is InChI=1S/C20H24N6O3S2/c1-12-9-13-5-7-29-15(13)10-16(12)30-20-24-17-18(21)22-11-23-19(17)26(20)6-2-8-31(27,28)25-14-3-4-14/h9-11,14,25H,2-8H2,1H3,(H2,21,22,23). The van der Waals surface area contributed by atoms with E-state index < -0.39 is 10.0 Å². The van der Waals surface area contributed by atoms with E-state index in [1.54, 1.807) is 0 Å². The molecule has 11 heteroatoms. The third kappa shape index (κ3) is 4.35. The highest BCUT2D eigenvalue weighted by Gasteiger charge is 2.27. The number of aryl methyl sites for hydroxylation is 2. The number of hydrogen-bond acceptors (Lipinski definition) is 8. The van der Waals surface area contributed by atoms with E-state index in [1.807, 2.05) is 10.6 Å². The van der Waals surface area contributed by atoms with E-state index in [0.717, 1.165) is 35.5 Å². The number of aromatic nitrogens is 4. The Labute approximate surface area is 184 Å². The molecule has 31 heavy (non-hydrogen) atoms. The van der Waals surface area contributed by atoms with Gasteiger partial charge in [0, 0.05) is 23.9 Å². The molecule has 0 saturated heterocycles. The summed E-state index contributed by atoms with van der Waals surface area (Å²) in [5.41, 5.74) is 9.53. The quantitative estimate of drug-likeness (QED) is 0.524. The molecule has 0 spiro atoms. The van der Waals surface area contributed by atoms with Gasteiger partial charge in [-0.1, -0.05) is 17.8 Å². The van der Waals surface area contributed by atoms with Crippen LogP contribution in [0.5, 0.6) is 5.75 Å². The molecule has 3 N–H and O–H groups in total. The first kappa shape index (κ1) is 20.5. The molecular weight excluding hydrogens is 436 g/mol. The average molecular weight is 461 g/mol. The molecule has 9 nitrogen and oxygen atoms in total. The summed E-state index contributed by atoms with van der Waals surface area (Å²) in [5, 5.41) is 0.704. The summed E-state index contributed by atoms with van der Waals surface area (Å²) in [6, 6.07) is 4.32. The van der Waals surface area contributed by atoms with Crippen LogP contribution < -0.4 is 15.2 Å². The molecule has 1 aliphatic heterocycles. The number of benzene rings is 1. The Morgan fingerprint density at radius 2 is 2.16 bits per heavy atom. The van der Waals surface area contributed by atoms with E-state index in [2.05, 4.69) is 32.7 Å². The summed E-state index contributed by atoms with van der Waals surface area (Å²) in [6.07, 6.45) is 4.62. The lowest BCUT2D eigenvalue weighted by Gasteiger charge is -2.11. The summed E-state index contributed by atoms with van der Waals surface area (Å²) in [4.78, 5) is 14.1. The number of nitrogen functional groups attached to an aromatic ring is 1. The topological polar surface area (TPSA) is 125 Å². The van der Waals surface area contributed by atoms with Crippen LogP contribution in [-0.2, 0) is 23.0 Å². The number of anilines is 1. The predicted molar refractivity (Wildman–Crippen MR) is 119 cm³/mol. The van der Waals surface area contributed by atoms with Crippen molar-refractivity contribution in [2.24, 2.45) is 0 Å². The van der Waals surface area contributed by atoms with E-state index in [0.29, 0.717) is 41.7 Å². The highest BCUT2D eigenvalue weighted by Crippen LogP contribution is 2.38. The van der Waals surface area contributed by atoms with Crippen molar-refractivity contribution < 1.29 is 13.2 Å². The molecule has 1 fully saturated rings. The zero-order valence-corrected chi connectivity index (χ0v) is 18.8. The molecule has 5 rings (SSSR count). The fourth-order valence-corrected chi connectivity index (χ4v) is 6.06. The Morgan fingerprint density at radius 1 is 1.32 bits per heavy atom. The first-order valence-electron chi connectivity index (χ1n) is 10.3. The van der Waals surface area contributed by atoms with E-state index in [9.17, 15) is 8.42 Å². The van der Waals surface area contributed by atoms with Crippen molar-refractivity contribution in [2.75, 3.05) is 18.1 Å². The lowest BCUT2D eigenvalue weighted by molar-refractivity contribution is 0.356. The maximum absolute atomic E-state index is 12.3. The second kappa shape index (κ2) is 7.95. The summed E-state index contributed by atoms with van der Waals surface area (Å²) in [7, 11) is -3.28. The molecule has 1 aliphatic carbocycles. The van der Waals surface area contributed by atoms with E-state index in [-0.39, 0.29) is 11.8 Å². The lowest BCUT2D eigenvalue weighted by Crippen LogP contribution is -2.28. The van der Waals surface area contributed by atoms with Crippen LogP contribution in [0.25, 0.3) is 11.2 Å². The van der Waals surface area contributed by atoms with Crippen molar-refractivity contribution in [3.63, 3.8) is 0 Å². The summed E-state index contributed by atoms with van der Waals surface area (Å²) < 4.78 is 34.9. The van der Waals surface area contributed by atoms with Gasteiger partial charge in [-0.3, -0.25) is 0 Å². The van der Waals surface area contributed by atoms with Crippen LogP contribution in [0.4, 0.5) is 5.82 Å². The first-order valence-corrected chi connectivity index (χ1v) is 12.8. The van der Waals surface area contributed by atoms with Crippen LogP contribution in [0, 0.1) is 6.92 Å². The molecular formula is C20H24N6O3S2. The molecule has 0 atom stereocenters. The highest BCUT2D eigenvalue weighted by molar-refractivity contribution is 7.99. The Kier molecular flexibility index (Phi) is 5.27. The predicted octanol–water partition coefficient (Wildman–Crippen LogP) is 2.27. The molecule has 0 radical (unpaired) electrons. The Bertz CT molecular complexity index is 1250. The van der Waals surface area contributed by atoms with Crippen LogP contribution in [0.2, 0.25) is 0 Å². The number of ether oxygens (including phenoxy) is 1.